The fourth-order valence-electron chi connectivity index (χ4n) is 2.37. The van der Waals surface area contributed by atoms with Crippen LogP contribution in [0.2, 0.25) is 0 Å². The highest BCUT2D eigenvalue weighted by Gasteiger charge is 2.10. The van der Waals surface area contributed by atoms with Gasteiger partial charge in [0.2, 0.25) is 0 Å². The third-order valence-electron chi connectivity index (χ3n) is 3.40. The number of hydrogen-bond donors (Lipinski definition) is 3. The van der Waals surface area contributed by atoms with Gasteiger partial charge in [0.15, 0.2) is 0 Å². The van der Waals surface area contributed by atoms with E-state index in [-0.39, 0.29) is 0 Å². The highest BCUT2D eigenvalue weighted by atomic mass is 16.2. The van der Waals surface area contributed by atoms with E-state index in [1.165, 1.54) is 22.2 Å². The first-order chi connectivity index (χ1) is 9.11. The van der Waals surface area contributed by atoms with Crippen molar-refractivity contribution >= 4 is 16.9 Å². The van der Waals surface area contributed by atoms with Crippen LogP contribution in [-0.4, -0.2) is 23.7 Å². The van der Waals surface area contributed by atoms with Crippen molar-refractivity contribution in [3.63, 3.8) is 0 Å². The molecule has 0 bridgehead atoms. The number of urea groups is 1. The van der Waals surface area contributed by atoms with Crippen molar-refractivity contribution in [3.05, 3.63) is 35.5 Å². The van der Waals surface area contributed by atoms with Gasteiger partial charge < -0.3 is 20.9 Å². The van der Waals surface area contributed by atoms with Crippen molar-refractivity contribution in [3.8, 4) is 0 Å². The molecule has 0 aliphatic carbocycles. The summed E-state index contributed by atoms with van der Waals surface area (Å²) >= 11 is 0. The number of carbonyl (C=O) groups excluding carboxylic acids is 1. The molecule has 5 heteroatoms. The van der Waals surface area contributed by atoms with E-state index in [9.17, 15) is 4.79 Å². The van der Waals surface area contributed by atoms with Crippen LogP contribution in [0, 0.1) is 6.92 Å². The molecule has 19 heavy (non-hydrogen) atoms. The summed E-state index contributed by atoms with van der Waals surface area (Å²) in [6, 6.07) is 7.89. The molecule has 2 amide bonds. The monoisotopic (exact) mass is 260 g/mol. The van der Waals surface area contributed by atoms with E-state index in [1.807, 2.05) is 0 Å². The third-order valence-corrected chi connectivity index (χ3v) is 3.40. The fraction of sp³-hybridized carbons (Fsp3) is 0.357. The van der Waals surface area contributed by atoms with E-state index >= 15 is 0 Å². The Morgan fingerprint density at radius 2 is 2.05 bits per heavy atom. The number of nitrogens with zero attached hydrogens (tertiary/aromatic N) is 1. The minimum absolute atomic E-state index is 0.484. The Bertz CT molecular complexity index is 549. The first-order valence-corrected chi connectivity index (χ1v) is 6.38. The van der Waals surface area contributed by atoms with Gasteiger partial charge in [-0.3, -0.25) is 0 Å². The summed E-state index contributed by atoms with van der Waals surface area (Å²) in [6.45, 7) is 4.15. The van der Waals surface area contributed by atoms with Gasteiger partial charge in [-0.05, 0) is 18.6 Å². The van der Waals surface area contributed by atoms with E-state index < -0.39 is 6.03 Å². The molecule has 5 nitrogen and oxygen atoms in total. The molecule has 0 unspecified atom stereocenters. The quantitative estimate of drug-likeness (QED) is 0.708. The highest BCUT2D eigenvalue weighted by Crippen LogP contribution is 2.23. The van der Waals surface area contributed by atoms with E-state index in [1.54, 1.807) is 0 Å². The number of aromatic nitrogens is 1. The van der Waals surface area contributed by atoms with Gasteiger partial charge in [0.1, 0.15) is 0 Å². The Morgan fingerprint density at radius 1 is 1.32 bits per heavy atom. The van der Waals surface area contributed by atoms with Gasteiger partial charge in [-0.15, -0.1) is 0 Å². The van der Waals surface area contributed by atoms with Crippen molar-refractivity contribution in [1.82, 2.24) is 15.2 Å². The zero-order chi connectivity index (χ0) is 13.8. The summed E-state index contributed by atoms with van der Waals surface area (Å²) in [6.07, 6.45) is 0. The zero-order valence-corrected chi connectivity index (χ0v) is 11.4. The standard InChI is InChI=1S/C14H20N4O/c1-10-11-5-3-4-6-12(11)18(2)13(10)9-16-7-8-17-14(15)19/h3-6,16H,7-9H2,1-2H3,(H3,15,17,19). The lowest BCUT2D eigenvalue weighted by atomic mass is 10.1. The maximum absolute atomic E-state index is 10.5. The van der Waals surface area contributed by atoms with Crippen LogP contribution in [0.1, 0.15) is 11.3 Å². The number of nitrogens with one attached hydrogen (secondary N) is 2. The smallest absolute Gasteiger partial charge is 0.312 e. The SMILES string of the molecule is Cc1c(CNCCNC(N)=O)n(C)c2ccccc12. The minimum Gasteiger partial charge on any atom is -0.352 e. The van der Waals surface area contributed by atoms with Gasteiger partial charge in [-0.1, -0.05) is 18.2 Å². The van der Waals surface area contributed by atoms with E-state index in [4.69, 9.17) is 5.73 Å². The van der Waals surface area contributed by atoms with Crippen molar-refractivity contribution in [2.24, 2.45) is 12.8 Å². The van der Waals surface area contributed by atoms with Crippen LogP contribution < -0.4 is 16.4 Å². The van der Waals surface area contributed by atoms with Gasteiger partial charge >= 0.3 is 6.03 Å². The molecule has 1 aromatic heterocycles. The molecule has 0 saturated carbocycles. The summed E-state index contributed by atoms with van der Waals surface area (Å²) in [5.41, 5.74) is 8.81. The predicted molar refractivity (Wildman–Crippen MR) is 76.9 cm³/mol. The maximum Gasteiger partial charge on any atom is 0.312 e. The highest BCUT2D eigenvalue weighted by molar-refractivity contribution is 5.85. The topological polar surface area (TPSA) is 72.1 Å². The van der Waals surface area contributed by atoms with Crippen LogP contribution in [0.15, 0.2) is 24.3 Å². The Morgan fingerprint density at radius 3 is 2.74 bits per heavy atom. The van der Waals surface area contributed by atoms with Gasteiger partial charge in [-0.2, -0.15) is 0 Å². The number of amides is 2. The number of nitrogens with two attached hydrogens (primary N) is 1. The molecule has 0 saturated heterocycles. The third kappa shape index (κ3) is 2.88. The number of hydrogen-bond acceptors (Lipinski definition) is 2. The lowest BCUT2D eigenvalue weighted by Crippen LogP contribution is -2.35. The van der Waals surface area contributed by atoms with Crippen LogP contribution in [0.25, 0.3) is 10.9 Å². The average Bonchev–Trinajstić information content (AvgIpc) is 2.63. The molecule has 1 heterocycles. The van der Waals surface area contributed by atoms with Crippen LogP contribution in [-0.2, 0) is 13.6 Å². The second-order valence-corrected chi connectivity index (χ2v) is 4.62. The molecule has 0 aliphatic rings. The second kappa shape index (κ2) is 5.75. The van der Waals surface area contributed by atoms with E-state index in [2.05, 4.69) is 53.4 Å². The second-order valence-electron chi connectivity index (χ2n) is 4.62. The maximum atomic E-state index is 10.5. The first kappa shape index (κ1) is 13.4. The molecule has 0 spiro atoms. The van der Waals surface area contributed by atoms with Crippen molar-refractivity contribution < 1.29 is 4.79 Å². The summed E-state index contributed by atoms with van der Waals surface area (Å²) in [5.74, 6) is 0. The normalized spacial score (nSPS) is 10.8. The van der Waals surface area contributed by atoms with E-state index in [0.29, 0.717) is 13.1 Å². The lowest BCUT2D eigenvalue weighted by molar-refractivity contribution is 0.249. The summed E-state index contributed by atoms with van der Waals surface area (Å²) < 4.78 is 2.21. The number of aryl methyl sites for hydroxylation is 2. The zero-order valence-electron chi connectivity index (χ0n) is 11.4. The Balaban J connectivity index is 2.03. The molecule has 4 N–H and O–H groups in total. The van der Waals surface area contributed by atoms with Crippen LogP contribution >= 0.6 is 0 Å². The van der Waals surface area contributed by atoms with Crippen molar-refractivity contribution in [1.29, 1.82) is 0 Å². The van der Waals surface area contributed by atoms with Gasteiger partial charge in [-0.25, -0.2) is 4.79 Å². The number of rotatable bonds is 5. The van der Waals surface area contributed by atoms with Crippen molar-refractivity contribution in [2.75, 3.05) is 13.1 Å². The summed E-state index contributed by atoms with van der Waals surface area (Å²) in [5, 5.41) is 7.15. The number of para-hydroxylation sites is 1. The Kier molecular flexibility index (Phi) is 4.06. The van der Waals surface area contributed by atoms with Crippen LogP contribution in [0.5, 0.6) is 0 Å². The molecule has 2 rings (SSSR count). The van der Waals surface area contributed by atoms with Crippen LogP contribution in [0.4, 0.5) is 4.79 Å². The summed E-state index contributed by atoms with van der Waals surface area (Å²) in [4.78, 5) is 10.5. The largest absolute Gasteiger partial charge is 0.352 e. The molecule has 2 aromatic rings. The van der Waals surface area contributed by atoms with E-state index in [0.717, 1.165) is 6.54 Å². The fourth-order valence-corrected chi connectivity index (χ4v) is 2.37. The molecular formula is C14H20N4O. The lowest BCUT2D eigenvalue weighted by Gasteiger charge is -2.08. The number of fused-ring (bicyclic) bond motifs is 1. The molecule has 0 radical (unpaired) electrons. The average molecular weight is 260 g/mol. The number of primary amides is 1. The molecule has 1 aromatic carbocycles. The Labute approximate surface area is 112 Å². The minimum atomic E-state index is -0.484. The number of carbonyl (C=O) groups is 1. The molecular weight excluding hydrogens is 240 g/mol. The van der Waals surface area contributed by atoms with Gasteiger partial charge in [0, 0.05) is 43.3 Å². The number of benzene rings is 1. The first-order valence-electron chi connectivity index (χ1n) is 6.38. The summed E-state index contributed by atoms with van der Waals surface area (Å²) in [7, 11) is 2.08. The van der Waals surface area contributed by atoms with Crippen molar-refractivity contribution in [2.45, 2.75) is 13.5 Å². The molecule has 0 fully saturated rings. The Hall–Kier alpha value is -2.01. The molecule has 0 aliphatic heterocycles. The van der Waals surface area contributed by atoms with Gasteiger partial charge in [0.05, 0.1) is 0 Å². The molecule has 102 valence electrons. The van der Waals surface area contributed by atoms with Crippen LogP contribution in [0.3, 0.4) is 0 Å². The van der Waals surface area contributed by atoms with Gasteiger partial charge in [0.25, 0.3) is 0 Å². The molecule has 0 atom stereocenters. The predicted octanol–water partition coefficient (Wildman–Crippen LogP) is 1.24.